The molecule has 7 nitrogen and oxygen atoms in total. The van der Waals surface area contributed by atoms with E-state index in [0.717, 1.165) is 5.56 Å². The second-order valence-electron chi connectivity index (χ2n) is 6.46. The Morgan fingerprint density at radius 1 is 1.07 bits per heavy atom. The molecule has 2 aliphatic rings. The molecule has 2 aromatic rings. The summed E-state index contributed by atoms with van der Waals surface area (Å²) in [5, 5.41) is 11.0. The monoisotopic (exact) mass is 391 g/mol. The average molecular weight is 392 g/mol. The van der Waals surface area contributed by atoms with Gasteiger partial charge in [-0.3, -0.25) is 10.1 Å². The minimum Gasteiger partial charge on any atom is -0.484 e. The number of non-ortho nitro benzene ring substituents is 1. The van der Waals surface area contributed by atoms with Crippen molar-refractivity contribution in [2.75, 3.05) is 13.2 Å². The molecule has 0 spiro atoms. The highest BCUT2D eigenvalue weighted by atomic mass is 35.5. The summed E-state index contributed by atoms with van der Waals surface area (Å²) in [7, 11) is 0. The van der Waals surface area contributed by atoms with E-state index in [4.69, 9.17) is 30.5 Å². The van der Waals surface area contributed by atoms with Crippen molar-refractivity contribution in [1.29, 1.82) is 0 Å². The molecular weight excluding hydrogens is 374 g/mol. The third-order valence-corrected chi connectivity index (χ3v) is 4.97. The van der Waals surface area contributed by atoms with E-state index in [1.807, 2.05) is 30.3 Å². The zero-order chi connectivity index (χ0) is 18.8. The van der Waals surface area contributed by atoms with Gasteiger partial charge in [0.2, 0.25) is 0 Å². The average Bonchev–Trinajstić information content (AvgIpc) is 3.25. The van der Waals surface area contributed by atoms with Crippen molar-refractivity contribution in [2.24, 2.45) is 0 Å². The summed E-state index contributed by atoms with van der Waals surface area (Å²) < 4.78 is 23.5. The first kappa shape index (κ1) is 18.2. The Bertz CT molecular complexity index is 817. The topological polar surface area (TPSA) is 80.1 Å². The molecule has 0 radical (unpaired) electrons. The smallest absolute Gasteiger partial charge is 0.271 e. The van der Waals surface area contributed by atoms with E-state index in [1.54, 1.807) is 0 Å². The molecule has 27 heavy (non-hydrogen) atoms. The first-order valence-corrected chi connectivity index (χ1v) is 8.99. The van der Waals surface area contributed by atoms with Crippen LogP contribution in [0.25, 0.3) is 0 Å². The van der Waals surface area contributed by atoms with E-state index in [2.05, 4.69) is 0 Å². The molecule has 0 aliphatic carbocycles. The highest BCUT2D eigenvalue weighted by molar-refractivity contribution is 6.32. The van der Waals surface area contributed by atoms with Gasteiger partial charge in [-0.1, -0.05) is 41.9 Å². The molecule has 0 saturated carbocycles. The number of nitro groups is 1. The predicted octanol–water partition coefficient (Wildman–Crippen LogP) is 3.38. The Labute approximate surface area is 160 Å². The number of hydrogen-bond donors (Lipinski definition) is 0. The number of hydrogen-bond acceptors (Lipinski definition) is 6. The third kappa shape index (κ3) is 3.91. The zero-order valence-electron chi connectivity index (χ0n) is 14.3. The molecule has 0 aromatic heterocycles. The van der Waals surface area contributed by atoms with E-state index >= 15 is 0 Å². The van der Waals surface area contributed by atoms with Crippen LogP contribution in [0.15, 0.2) is 48.5 Å². The van der Waals surface area contributed by atoms with E-state index in [-0.39, 0.29) is 35.1 Å². The summed E-state index contributed by atoms with van der Waals surface area (Å²) in [6.45, 7) is 1.25. The molecule has 8 heteroatoms. The third-order valence-electron chi connectivity index (χ3n) is 4.67. The fourth-order valence-corrected chi connectivity index (χ4v) is 3.53. The molecule has 2 aliphatic heterocycles. The lowest BCUT2D eigenvalue weighted by Gasteiger charge is -2.18. The Morgan fingerprint density at radius 2 is 1.78 bits per heavy atom. The van der Waals surface area contributed by atoms with Crippen LogP contribution in [0.5, 0.6) is 5.75 Å². The standard InChI is InChI=1S/C19H18ClNO6/c20-14-8-13(21(22)23)6-7-15(14)27-17-11-26-18-16(10-25-19(17)18)24-9-12-4-2-1-3-5-12/h1-8,16-19H,9-11H2/t16-,17-,18?,19+/m0/s1. The minimum absolute atomic E-state index is 0.0839. The second kappa shape index (κ2) is 7.82. The van der Waals surface area contributed by atoms with Crippen molar-refractivity contribution in [3.05, 3.63) is 69.2 Å². The second-order valence-corrected chi connectivity index (χ2v) is 6.87. The Morgan fingerprint density at radius 3 is 2.48 bits per heavy atom. The summed E-state index contributed by atoms with van der Waals surface area (Å²) in [5.41, 5.74) is 1.00. The lowest BCUT2D eigenvalue weighted by Crippen LogP contribution is -2.35. The van der Waals surface area contributed by atoms with Gasteiger partial charge in [-0.2, -0.15) is 0 Å². The quantitative estimate of drug-likeness (QED) is 0.554. The maximum atomic E-state index is 10.8. The highest BCUT2D eigenvalue weighted by Crippen LogP contribution is 2.35. The normalized spacial score (nSPS) is 26.7. The summed E-state index contributed by atoms with van der Waals surface area (Å²) in [5.74, 6) is 0.369. The van der Waals surface area contributed by atoms with Crippen molar-refractivity contribution < 1.29 is 23.9 Å². The van der Waals surface area contributed by atoms with Crippen LogP contribution in [0, 0.1) is 10.1 Å². The van der Waals surface area contributed by atoms with Gasteiger partial charge >= 0.3 is 0 Å². The Hall–Kier alpha value is -2.19. The van der Waals surface area contributed by atoms with Crippen LogP contribution in [0.1, 0.15) is 5.56 Å². The van der Waals surface area contributed by atoms with Crippen molar-refractivity contribution >= 4 is 17.3 Å². The molecule has 2 aromatic carbocycles. The maximum absolute atomic E-state index is 10.8. The van der Waals surface area contributed by atoms with E-state index in [9.17, 15) is 10.1 Å². The van der Waals surface area contributed by atoms with Crippen molar-refractivity contribution in [3.8, 4) is 5.75 Å². The molecule has 4 rings (SSSR count). The number of rotatable bonds is 6. The SMILES string of the molecule is O=[N+]([O-])c1ccc(O[C@H]2COC3[C@@H](OCc4ccccc4)CO[C@@H]32)c(Cl)c1. The minimum atomic E-state index is -0.501. The molecule has 1 unspecified atom stereocenters. The van der Waals surface area contributed by atoms with Crippen LogP contribution in [0.2, 0.25) is 5.02 Å². The summed E-state index contributed by atoms with van der Waals surface area (Å²) in [4.78, 5) is 10.3. The Balaban J connectivity index is 1.37. The first-order chi connectivity index (χ1) is 13.1. The first-order valence-electron chi connectivity index (χ1n) is 8.61. The fraction of sp³-hybridized carbons (Fsp3) is 0.368. The van der Waals surface area contributed by atoms with Crippen LogP contribution in [-0.2, 0) is 20.8 Å². The van der Waals surface area contributed by atoms with Crippen LogP contribution in [0.3, 0.4) is 0 Å². The number of nitro benzene ring substituents is 1. The molecule has 2 fully saturated rings. The largest absolute Gasteiger partial charge is 0.484 e. The summed E-state index contributed by atoms with van der Waals surface area (Å²) in [6, 6.07) is 14.0. The van der Waals surface area contributed by atoms with Gasteiger partial charge in [0.15, 0.2) is 6.10 Å². The molecule has 2 heterocycles. The van der Waals surface area contributed by atoms with E-state index in [1.165, 1.54) is 18.2 Å². The van der Waals surface area contributed by atoms with Crippen LogP contribution >= 0.6 is 11.6 Å². The zero-order valence-corrected chi connectivity index (χ0v) is 15.1. The van der Waals surface area contributed by atoms with Crippen LogP contribution in [0.4, 0.5) is 5.69 Å². The van der Waals surface area contributed by atoms with Crippen molar-refractivity contribution in [1.82, 2.24) is 0 Å². The predicted molar refractivity (Wildman–Crippen MR) is 97.0 cm³/mol. The van der Waals surface area contributed by atoms with Gasteiger partial charge in [0.1, 0.15) is 24.1 Å². The van der Waals surface area contributed by atoms with Gasteiger partial charge in [0.05, 0.1) is 29.8 Å². The summed E-state index contributed by atoms with van der Waals surface area (Å²) >= 11 is 6.11. The van der Waals surface area contributed by atoms with Crippen molar-refractivity contribution in [3.63, 3.8) is 0 Å². The fourth-order valence-electron chi connectivity index (χ4n) is 3.31. The molecule has 0 amide bonds. The molecule has 4 atom stereocenters. The number of benzene rings is 2. The molecule has 142 valence electrons. The maximum Gasteiger partial charge on any atom is 0.271 e. The van der Waals surface area contributed by atoms with Gasteiger partial charge in [-0.15, -0.1) is 0 Å². The van der Waals surface area contributed by atoms with Gasteiger partial charge in [-0.05, 0) is 11.6 Å². The molecule has 0 bridgehead atoms. The lowest BCUT2D eigenvalue weighted by molar-refractivity contribution is -0.384. The van der Waals surface area contributed by atoms with E-state index in [0.29, 0.717) is 25.6 Å². The molecule has 2 saturated heterocycles. The van der Waals surface area contributed by atoms with Gasteiger partial charge in [-0.25, -0.2) is 0 Å². The lowest BCUT2D eigenvalue weighted by atomic mass is 10.1. The number of nitrogens with zero attached hydrogens (tertiary/aromatic N) is 1. The van der Waals surface area contributed by atoms with Gasteiger partial charge in [0, 0.05) is 12.1 Å². The van der Waals surface area contributed by atoms with Crippen LogP contribution < -0.4 is 4.74 Å². The highest BCUT2D eigenvalue weighted by Gasteiger charge is 2.49. The van der Waals surface area contributed by atoms with Gasteiger partial charge < -0.3 is 18.9 Å². The number of fused-ring (bicyclic) bond motifs is 1. The van der Waals surface area contributed by atoms with Gasteiger partial charge in [0.25, 0.3) is 5.69 Å². The molecule has 0 N–H and O–H groups in total. The van der Waals surface area contributed by atoms with Crippen molar-refractivity contribution in [2.45, 2.75) is 31.0 Å². The van der Waals surface area contributed by atoms with E-state index < -0.39 is 4.92 Å². The molecular formula is C19H18ClNO6. The Kier molecular flexibility index (Phi) is 5.27. The number of ether oxygens (including phenoxy) is 4. The number of halogens is 1. The summed E-state index contributed by atoms with van der Waals surface area (Å²) in [6.07, 6.45) is -0.997. The van der Waals surface area contributed by atoms with Crippen LogP contribution in [-0.4, -0.2) is 42.6 Å².